The maximum absolute atomic E-state index is 12.7. The number of halogens is 1. The second-order valence-electron chi connectivity index (χ2n) is 6.67. The van der Waals surface area contributed by atoms with Crippen LogP contribution in [0.4, 0.5) is 0 Å². The van der Waals surface area contributed by atoms with Crippen LogP contribution in [0, 0.1) is 0 Å². The fourth-order valence-electron chi connectivity index (χ4n) is 3.44. The number of methoxy groups -OCH3 is 1. The van der Waals surface area contributed by atoms with Crippen molar-refractivity contribution >= 4 is 21.6 Å². The fraction of sp³-hybridized carbons (Fsp3) is 0.400. The van der Waals surface area contributed by atoms with Gasteiger partial charge in [-0.3, -0.25) is 4.90 Å². The van der Waals surface area contributed by atoms with Crippen LogP contribution in [-0.2, 0) is 10.0 Å². The quantitative estimate of drug-likeness (QED) is 0.755. The third kappa shape index (κ3) is 5.02. The average Bonchev–Trinajstić information content (AvgIpc) is 2.69. The first-order chi connectivity index (χ1) is 13.0. The topological polar surface area (TPSA) is 58.6 Å². The van der Waals surface area contributed by atoms with E-state index in [9.17, 15) is 8.42 Å². The van der Waals surface area contributed by atoms with Crippen LogP contribution in [0.1, 0.15) is 30.9 Å². The van der Waals surface area contributed by atoms with Gasteiger partial charge in [0.1, 0.15) is 10.6 Å². The first-order valence-electron chi connectivity index (χ1n) is 9.13. The molecule has 146 valence electrons. The van der Waals surface area contributed by atoms with E-state index < -0.39 is 10.0 Å². The molecule has 5 nitrogen and oxygen atoms in total. The molecule has 1 saturated heterocycles. The molecule has 3 rings (SSSR count). The van der Waals surface area contributed by atoms with Crippen LogP contribution in [-0.4, -0.2) is 40.1 Å². The zero-order valence-electron chi connectivity index (χ0n) is 15.4. The Bertz CT molecular complexity index is 850. The molecule has 1 aliphatic rings. The van der Waals surface area contributed by atoms with Gasteiger partial charge in [0.25, 0.3) is 0 Å². The van der Waals surface area contributed by atoms with E-state index in [1.54, 1.807) is 25.3 Å². The van der Waals surface area contributed by atoms with Crippen LogP contribution in [0.5, 0.6) is 5.75 Å². The summed E-state index contributed by atoms with van der Waals surface area (Å²) < 4.78 is 33.5. The van der Waals surface area contributed by atoms with E-state index in [4.69, 9.17) is 16.3 Å². The molecule has 0 radical (unpaired) electrons. The Hall–Kier alpha value is -1.60. The lowest BCUT2D eigenvalue weighted by molar-refractivity contribution is 0.164. The third-order valence-corrected chi connectivity index (χ3v) is 6.85. The standard InChI is InChI=1S/C20H25ClN2O3S/c1-26-17-11-9-16(10-12-17)19(23-13-5-2-6-14-23)15-22-27(24,25)20-8-4-3-7-18(20)21/h3-4,7-12,19,22H,2,5-6,13-15H2,1H3/t19-/m0/s1. The molecule has 0 aliphatic carbocycles. The molecule has 1 heterocycles. The molecule has 0 bridgehead atoms. The molecule has 1 fully saturated rings. The highest BCUT2D eigenvalue weighted by Gasteiger charge is 2.25. The number of rotatable bonds is 7. The summed E-state index contributed by atoms with van der Waals surface area (Å²) in [6, 6.07) is 14.3. The minimum atomic E-state index is -3.68. The van der Waals surface area contributed by atoms with Crippen molar-refractivity contribution in [2.24, 2.45) is 0 Å². The SMILES string of the molecule is COc1ccc([C@H](CNS(=O)(=O)c2ccccc2Cl)N2CCCCC2)cc1. The lowest BCUT2D eigenvalue weighted by Crippen LogP contribution is -2.40. The van der Waals surface area contributed by atoms with Crippen molar-refractivity contribution in [3.63, 3.8) is 0 Å². The van der Waals surface area contributed by atoms with Gasteiger partial charge in [-0.05, 0) is 55.8 Å². The number of ether oxygens (including phenoxy) is 1. The Labute approximate surface area is 166 Å². The summed E-state index contributed by atoms with van der Waals surface area (Å²) in [5.41, 5.74) is 1.07. The normalized spacial score (nSPS) is 16.8. The summed E-state index contributed by atoms with van der Waals surface area (Å²) in [6.07, 6.45) is 3.48. The van der Waals surface area contributed by atoms with Crippen molar-refractivity contribution in [3.8, 4) is 5.75 Å². The zero-order chi connectivity index (χ0) is 19.3. The second-order valence-corrected chi connectivity index (χ2v) is 8.81. The number of hydrogen-bond acceptors (Lipinski definition) is 4. The van der Waals surface area contributed by atoms with Crippen molar-refractivity contribution in [2.75, 3.05) is 26.7 Å². The van der Waals surface area contributed by atoms with Gasteiger partial charge in [0.05, 0.1) is 12.1 Å². The second kappa shape index (κ2) is 9.06. The number of likely N-dealkylation sites (tertiary alicyclic amines) is 1. The number of benzene rings is 2. The number of nitrogens with zero attached hydrogens (tertiary/aromatic N) is 1. The fourth-order valence-corrected chi connectivity index (χ4v) is 5.00. The van der Waals surface area contributed by atoms with Gasteiger partial charge in [-0.25, -0.2) is 13.1 Å². The summed E-state index contributed by atoms with van der Waals surface area (Å²) in [5, 5.41) is 0.226. The molecule has 1 N–H and O–H groups in total. The van der Waals surface area contributed by atoms with E-state index >= 15 is 0 Å². The van der Waals surface area contributed by atoms with Gasteiger partial charge >= 0.3 is 0 Å². The molecule has 0 amide bonds. The van der Waals surface area contributed by atoms with Crippen molar-refractivity contribution in [2.45, 2.75) is 30.2 Å². The maximum atomic E-state index is 12.7. The molecule has 1 aliphatic heterocycles. The molecule has 0 saturated carbocycles. The predicted molar refractivity (Wildman–Crippen MR) is 108 cm³/mol. The van der Waals surface area contributed by atoms with E-state index in [1.807, 2.05) is 24.3 Å². The van der Waals surface area contributed by atoms with E-state index in [-0.39, 0.29) is 16.0 Å². The minimum absolute atomic E-state index is 0.0338. The van der Waals surface area contributed by atoms with E-state index in [2.05, 4.69) is 9.62 Å². The van der Waals surface area contributed by atoms with Gasteiger partial charge < -0.3 is 4.74 Å². The van der Waals surface area contributed by atoms with Crippen LogP contribution < -0.4 is 9.46 Å². The Morgan fingerprint density at radius 3 is 2.37 bits per heavy atom. The van der Waals surface area contributed by atoms with E-state index in [1.165, 1.54) is 12.5 Å². The molecular weight excluding hydrogens is 384 g/mol. The highest BCUT2D eigenvalue weighted by molar-refractivity contribution is 7.89. The highest BCUT2D eigenvalue weighted by atomic mass is 35.5. The summed E-state index contributed by atoms with van der Waals surface area (Å²) in [7, 11) is -2.05. The van der Waals surface area contributed by atoms with Crippen LogP contribution in [0.2, 0.25) is 5.02 Å². The van der Waals surface area contributed by atoms with Gasteiger partial charge in [-0.1, -0.05) is 42.3 Å². The number of sulfonamides is 1. The Morgan fingerprint density at radius 1 is 1.07 bits per heavy atom. The lowest BCUT2D eigenvalue weighted by atomic mass is 10.0. The monoisotopic (exact) mass is 408 g/mol. The van der Waals surface area contributed by atoms with Crippen LogP contribution >= 0.6 is 11.6 Å². The molecule has 1 atom stereocenters. The highest BCUT2D eigenvalue weighted by Crippen LogP contribution is 2.27. The molecule has 2 aromatic carbocycles. The molecule has 2 aromatic rings. The molecule has 7 heteroatoms. The zero-order valence-corrected chi connectivity index (χ0v) is 17.0. The Morgan fingerprint density at radius 2 is 1.74 bits per heavy atom. The number of piperidine rings is 1. The lowest BCUT2D eigenvalue weighted by Gasteiger charge is -2.35. The Kier molecular flexibility index (Phi) is 6.76. The molecule has 0 unspecified atom stereocenters. The Balaban J connectivity index is 1.81. The van der Waals surface area contributed by atoms with E-state index in [0.29, 0.717) is 6.54 Å². The summed E-state index contributed by atoms with van der Waals surface area (Å²) in [5.74, 6) is 0.785. The van der Waals surface area contributed by atoms with Crippen LogP contribution in [0.15, 0.2) is 53.4 Å². The first-order valence-corrected chi connectivity index (χ1v) is 11.0. The summed E-state index contributed by atoms with van der Waals surface area (Å²) in [6.45, 7) is 2.22. The summed E-state index contributed by atoms with van der Waals surface area (Å²) >= 11 is 6.08. The van der Waals surface area contributed by atoms with Crippen LogP contribution in [0.3, 0.4) is 0 Å². The van der Waals surface area contributed by atoms with Crippen molar-refractivity contribution in [1.29, 1.82) is 0 Å². The van der Waals surface area contributed by atoms with Gasteiger partial charge in [0, 0.05) is 12.6 Å². The van der Waals surface area contributed by atoms with Crippen molar-refractivity contribution < 1.29 is 13.2 Å². The summed E-state index contributed by atoms with van der Waals surface area (Å²) in [4.78, 5) is 2.46. The van der Waals surface area contributed by atoms with Gasteiger partial charge in [0.2, 0.25) is 10.0 Å². The maximum Gasteiger partial charge on any atom is 0.242 e. The van der Waals surface area contributed by atoms with E-state index in [0.717, 1.165) is 37.2 Å². The molecule has 0 spiro atoms. The van der Waals surface area contributed by atoms with Crippen molar-refractivity contribution in [3.05, 3.63) is 59.1 Å². The molecular formula is C20H25ClN2O3S. The average molecular weight is 409 g/mol. The minimum Gasteiger partial charge on any atom is -0.497 e. The number of hydrogen-bond donors (Lipinski definition) is 1. The van der Waals surface area contributed by atoms with Crippen LogP contribution in [0.25, 0.3) is 0 Å². The first kappa shape index (κ1) is 20.1. The van der Waals surface area contributed by atoms with Gasteiger partial charge in [-0.15, -0.1) is 0 Å². The predicted octanol–water partition coefficient (Wildman–Crippen LogP) is 3.85. The van der Waals surface area contributed by atoms with Gasteiger partial charge in [-0.2, -0.15) is 0 Å². The number of nitrogens with one attached hydrogen (secondary N) is 1. The third-order valence-electron chi connectivity index (χ3n) is 4.92. The largest absolute Gasteiger partial charge is 0.497 e. The smallest absolute Gasteiger partial charge is 0.242 e. The van der Waals surface area contributed by atoms with Gasteiger partial charge in [0.15, 0.2) is 0 Å². The van der Waals surface area contributed by atoms with Crippen molar-refractivity contribution in [1.82, 2.24) is 9.62 Å². The molecule has 0 aromatic heterocycles. The molecule has 27 heavy (non-hydrogen) atoms.